The molecule has 0 rings (SSSR count). The van der Waals surface area contributed by atoms with Gasteiger partial charge < -0.3 is 20.3 Å². The molecule has 0 heterocycles. The third kappa shape index (κ3) is 57.0. The number of esters is 1. The van der Waals surface area contributed by atoms with E-state index in [1.165, 1.54) is 238 Å². The van der Waals surface area contributed by atoms with Gasteiger partial charge in [-0.1, -0.05) is 274 Å². The van der Waals surface area contributed by atoms with Crippen LogP contribution in [0.15, 0.2) is 48.6 Å². The summed E-state index contributed by atoms with van der Waals surface area (Å²) < 4.78 is 5.48. The van der Waals surface area contributed by atoms with Crippen LogP contribution in [0.4, 0.5) is 0 Å². The van der Waals surface area contributed by atoms with Crippen LogP contribution in [0.25, 0.3) is 0 Å². The van der Waals surface area contributed by atoms with Crippen molar-refractivity contribution in [2.24, 2.45) is 0 Å². The SMILES string of the molecule is CCCCCCCC/C=C\CCCCCCCC(=O)OCCCCCCCCCCC/C=C\C/C=C\CCCCCCCCCC(=O)NC(CO)C(O)/C=C/CCCCCCCCCCCCCCCC. The van der Waals surface area contributed by atoms with Gasteiger partial charge in [0.1, 0.15) is 0 Å². The summed E-state index contributed by atoms with van der Waals surface area (Å²) in [6.45, 7) is 4.90. The fraction of sp³-hybridized carbons (Fsp3) is 0.846. The van der Waals surface area contributed by atoms with Crippen molar-refractivity contribution in [2.75, 3.05) is 13.2 Å². The summed E-state index contributed by atoms with van der Waals surface area (Å²) in [5.41, 5.74) is 0. The van der Waals surface area contributed by atoms with Crippen molar-refractivity contribution in [3.63, 3.8) is 0 Å². The standard InChI is InChI=1S/C65H121NO5/c1-3-5-7-9-11-13-15-17-19-30-33-37-41-45-49-53-57-63(68)62(61-67)66-64(69)58-54-50-46-42-38-34-31-27-25-23-21-20-22-24-26-28-32-36-40-44-48-52-56-60-71-65(70)59-55-51-47-43-39-35-29-18-16-14-12-10-8-6-4-2/h18,20,22-23,25,29,53,57,62-63,67-68H,3-17,19,21,24,26-28,30-52,54-56,58-61H2,1-2H3,(H,66,69)/b22-20-,25-23-,29-18-,57-53+. The van der Waals surface area contributed by atoms with Gasteiger partial charge in [0.15, 0.2) is 0 Å². The molecule has 1 amide bonds. The highest BCUT2D eigenvalue weighted by molar-refractivity contribution is 5.76. The largest absolute Gasteiger partial charge is 0.466 e. The van der Waals surface area contributed by atoms with E-state index in [2.05, 4.69) is 55.6 Å². The molecule has 0 aliphatic heterocycles. The quantitative estimate of drug-likeness (QED) is 0.0321. The zero-order chi connectivity index (χ0) is 51.4. The van der Waals surface area contributed by atoms with Gasteiger partial charge in [-0.2, -0.15) is 0 Å². The molecule has 0 spiro atoms. The second-order valence-electron chi connectivity index (χ2n) is 21.4. The van der Waals surface area contributed by atoms with E-state index in [4.69, 9.17) is 4.74 Å². The monoisotopic (exact) mass is 996 g/mol. The maximum absolute atomic E-state index is 12.5. The van der Waals surface area contributed by atoms with Crippen molar-refractivity contribution in [2.45, 2.75) is 341 Å². The summed E-state index contributed by atoms with van der Waals surface area (Å²) in [6.07, 6.45) is 77.2. The van der Waals surface area contributed by atoms with Crippen molar-refractivity contribution < 1.29 is 24.5 Å². The van der Waals surface area contributed by atoms with E-state index in [1.54, 1.807) is 6.08 Å². The Morgan fingerprint density at radius 1 is 0.394 bits per heavy atom. The summed E-state index contributed by atoms with van der Waals surface area (Å²) in [6, 6.07) is -0.636. The topological polar surface area (TPSA) is 95.9 Å². The predicted octanol–water partition coefficient (Wildman–Crippen LogP) is 19.7. The molecule has 0 aliphatic carbocycles. The first-order valence-electron chi connectivity index (χ1n) is 31.4. The van der Waals surface area contributed by atoms with Gasteiger partial charge in [-0.25, -0.2) is 0 Å². The Kier molecular flexibility index (Phi) is 58.5. The van der Waals surface area contributed by atoms with E-state index in [9.17, 15) is 19.8 Å². The first-order chi connectivity index (χ1) is 35.0. The lowest BCUT2D eigenvalue weighted by Crippen LogP contribution is -2.45. The number of ether oxygens (including phenoxy) is 1. The van der Waals surface area contributed by atoms with E-state index in [0.29, 0.717) is 19.4 Å². The number of aliphatic hydroxyl groups is 2. The third-order valence-electron chi connectivity index (χ3n) is 14.3. The van der Waals surface area contributed by atoms with E-state index in [1.807, 2.05) is 6.08 Å². The Hall–Kier alpha value is -2.18. The maximum atomic E-state index is 12.5. The number of carbonyl (C=O) groups is 2. The van der Waals surface area contributed by atoms with Gasteiger partial charge in [0.2, 0.25) is 5.91 Å². The highest BCUT2D eigenvalue weighted by Gasteiger charge is 2.18. The second kappa shape index (κ2) is 60.4. The van der Waals surface area contributed by atoms with Crippen LogP contribution in [0.1, 0.15) is 328 Å². The summed E-state index contributed by atoms with van der Waals surface area (Å²) >= 11 is 0. The van der Waals surface area contributed by atoms with Crippen molar-refractivity contribution in [3.8, 4) is 0 Å². The van der Waals surface area contributed by atoms with Crippen molar-refractivity contribution in [1.29, 1.82) is 0 Å². The zero-order valence-corrected chi connectivity index (χ0v) is 47.5. The fourth-order valence-electron chi connectivity index (χ4n) is 9.48. The van der Waals surface area contributed by atoms with Crippen LogP contribution in [0.5, 0.6) is 0 Å². The normalized spacial score (nSPS) is 12.9. The van der Waals surface area contributed by atoms with Gasteiger partial charge in [0.25, 0.3) is 0 Å². The molecule has 6 nitrogen and oxygen atoms in total. The van der Waals surface area contributed by atoms with Crippen LogP contribution < -0.4 is 5.32 Å². The predicted molar refractivity (Wildman–Crippen MR) is 310 cm³/mol. The molecule has 2 unspecified atom stereocenters. The van der Waals surface area contributed by atoms with Crippen molar-refractivity contribution in [3.05, 3.63) is 48.6 Å². The lowest BCUT2D eigenvalue weighted by Gasteiger charge is -2.20. The van der Waals surface area contributed by atoms with E-state index < -0.39 is 12.1 Å². The molecule has 71 heavy (non-hydrogen) atoms. The Balaban J connectivity index is 3.48. The Bertz CT molecular complexity index is 1190. The lowest BCUT2D eigenvalue weighted by atomic mass is 10.0. The Morgan fingerprint density at radius 2 is 0.704 bits per heavy atom. The molecule has 0 radical (unpaired) electrons. The number of hydrogen-bond acceptors (Lipinski definition) is 5. The van der Waals surface area contributed by atoms with Crippen LogP contribution in [0, 0.1) is 0 Å². The maximum Gasteiger partial charge on any atom is 0.305 e. The minimum Gasteiger partial charge on any atom is -0.466 e. The van der Waals surface area contributed by atoms with Crippen LogP contribution in [0.3, 0.4) is 0 Å². The molecule has 3 N–H and O–H groups in total. The number of hydrogen-bond donors (Lipinski definition) is 3. The highest BCUT2D eigenvalue weighted by Crippen LogP contribution is 2.16. The molecule has 416 valence electrons. The Labute approximate surface area is 442 Å². The number of unbranched alkanes of at least 4 members (excludes halogenated alkanes) is 41. The molecule has 0 aromatic rings. The first kappa shape index (κ1) is 68.8. The van der Waals surface area contributed by atoms with Gasteiger partial charge in [-0.3, -0.25) is 9.59 Å². The first-order valence-corrected chi connectivity index (χ1v) is 31.4. The number of nitrogens with one attached hydrogen (secondary N) is 1. The van der Waals surface area contributed by atoms with Crippen molar-refractivity contribution in [1.82, 2.24) is 5.32 Å². The van der Waals surface area contributed by atoms with E-state index >= 15 is 0 Å². The average Bonchev–Trinajstić information content (AvgIpc) is 3.37. The van der Waals surface area contributed by atoms with Gasteiger partial charge in [-0.15, -0.1) is 0 Å². The van der Waals surface area contributed by atoms with E-state index in [0.717, 1.165) is 64.2 Å². The van der Waals surface area contributed by atoms with Gasteiger partial charge in [0.05, 0.1) is 25.4 Å². The minimum absolute atomic E-state index is 0.00166. The van der Waals surface area contributed by atoms with Crippen molar-refractivity contribution >= 4 is 11.9 Å². The lowest BCUT2D eigenvalue weighted by molar-refractivity contribution is -0.143. The number of allylic oxidation sites excluding steroid dienone is 7. The van der Waals surface area contributed by atoms with Crippen LogP contribution in [-0.4, -0.2) is 47.4 Å². The summed E-state index contributed by atoms with van der Waals surface area (Å²) in [7, 11) is 0. The fourth-order valence-corrected chi connectivity index (χ4v) is 9.48. The molecule has 0 saturated carbocycles. The number of aliphatic hydroxyl groups excluding tert-OH is 2. The molecule has 0 aliphatic rings. The number of carbonyl (C=O) groups excluding carboxylic acids is 2. The molecule has 6 heteroatoms. The molecule has 2 atom stereocenters. The number of amides is 1. The summed E-state index contributed by atoms with van der Waals surface area (Å²) in [4.78, 5) is 24.5. The van der Waals surface area contributed by atoms with Crippen LogP contribution in [0.2, 0.25) is 0 Å². The highest BCUT2D eigenvalue weighted by atomic mass is 16.5. The van der Waals surface area contributed by atoms with Gasteiger partial charge >= 0.3 is 5.97 Å². The third-order valence-corrected chi connectivity index (χ3v) is 14.3. The molecule has 0 bridgehead atoms. The van der Waals surface area contributed by atoms with E-state index in [-0.39, 0.29) is 18.5 Å². The molecular weight excluding hydrogens is 875 g/mol. The zero-order valence-electron chi connectivity index (χ0n) is 47.5. The van der Waals surface area contributed by atoms with Crippen LogP contribution >= 0.6 is 0 Å². The van der Waals surface area contributed by atoms with Gasteiger partial charge in [0, 0.05) is 12.8 Å². The molecule has 0 saturated heterocycles. The minimum atomic E-state index is -0.852. The van der Waals surface area contributed by atoms with Gasteiger partial charge in [-0.05, 0) is 89.9 Å². The second-order valence-corrected chi connectivity index (χ2v) is 21.4. The molecule has 0 aromatic carbocycles. The van der Waals surface area contributed by atoms with Crippen LogP contribution in [-0.2, 0) is 14.3 Å². The molecule has 0 fully saturated rings. The summed E-state index contributed by atoms with van der Waals surface area (Å²) in [5.74, 6) is -0.0793. The molecule has 0 aromatic heterocycles. The summed E-state index contributed by atoms with van der Waals surface area (Å²) in [5, 5.41) is 23.1. The Morgan fingerprint density at radius 3 is 1.08 bits per heavy atom. The average molecular weight is 997 g/mol. The molecular formula is C65H121NO5. The smallest absolute Gasteiger partial charge is 0.305 e. The number of rotatable bonds is 58.